The molecule has 122 valence electrons. The van der Waals surface area contributed by atoms with E-state index in [1.54, 1.807) is 0 Å². The zero-order chi connectivity index (χ0) is 16.4. The Morgan fingerprint density at radius 3 is 2.46 bits per heavy atom. The van der Waals surface area contributed by atoms with Gasteiger partial charge in [0.1, 0.15) is 0 Å². The molecule has 1 N–H and O–H groups in total. The van der Waals surface area contributed by atoms with Gasteiger partial charge < -0.3 is 14.8 Å². The first-order valence-electron chi connectivity index (χ1n) is 8.00. The number of hydrogen-bond acceptors (Lipinski definition) is 4. The average molecular weight is 338 g/mol. The van der Waals surface area contributed by atoms with Crippen molar-refractivity contribution in [2.45, 2.75) is 0 Å². The average Bonchev–Trinajstić information content (AvgIpc) is 3.27. The van der Waals surface area contributed by atoms with Crippen LogP contribution < -0.4 is 4.90 Å². The number of amidine groups is 1. The normalized spacial score (nSPS) is 19.9. The van der Waals surface area contributed by atoms with Crippen molar-refractivity contribution in [3.8, 4) is 0 Å². The first kappa shape index (κ1) is 15.1. The van der Waals surface area contributed by atoms with Crippen molar-refractivity contribution in [3.05, 3.63) is 59.3 Å². The van der Waals surface area contributed by atoms with Gasteiger partial charge in [-0.1, -0.05) is 18.2 Å². The lowest BCUT2D eigenvalue weighted by Gasteiger charge is -2.36. The van der Waals surface area contributed by atoms with Crippen LogP contribution in [0.2, 0.25) is 0 Å². The summed E-state index contributed by atoms with van der Waals surface area (Å²) in [6, 6.07) is 14.3. The Morgan fingerprint density at radius 1 is 1.00 bits per heavy atom. The number of aliphatic imine (C=N–C) groups is 1. The predicted octanol–water partition coefficient (Wildman–Crippen LogP) is 2.81. The number of para-hydroxylation sites is 1. The number of aromatic nitrogens is 1. The van der Waals surface area contributed by atoms with Gasteiger partial charge in [0, 0.05) is 43.8 Å². The minimum Gasteiger partial charge on any atom is -0.368 e. The molecule has 0 atom stereocenters. The van der Waals surface area contributed by atoms with Crippen molar-refractivity contribution in [2.24, 2.45) is 4.99 Å². The van der Waals surface area contributed by atoms with Crippen molar-refractivity contribution in [1.82, 2.24) is 9.88 Å². The summed E-state index contributed by atoms with van der Waals surface area (Å²) in [4.78, 5) is 24.7. The van der Waals surface area contributed by atoms with Gasteiger partial charge in [0.2, 0.25) is 0 Å². The number of amides is 1. The summed E-state index contributed by atoms with van der Waals surface area (Å²) in [5.74, 6) is -0.143. The second kappa shape index (κ2) is 6.57. The molecule has 0 aliphatic carbocycles. The lowest BCUT2D eigenvalue weighted by molar-refractivity contribution is -0.113. The van der Waals surface area contributed by atoms with E-state index in [4.69, 9.17) is 0 Å². The second-order valence-electron chi connectivity index (χ2n) is 5.75. The quantitative estimate of drug-likeness (QED) is 0.856. The smallest absolute Gasteiger partial charge is 0.286 e. The number of nitrogens with one attached hydrogen (secondary N) is 1. The van der Waals surface area contributed by atoms with Crippen LogP contribution in [0.1, 0.15) is 5.69 Å². The van der Waals surface area contributed by atoms with Crippen LogP contribution in [0.3, 0.4) is 0 Å². The molecule has 1 aromatic carbocycles. The zero-order valence-electron chi connectivity index (χ0n) is 13.2. The minimum absolute atomic E-state index is 0.143. The number of nitrogens with zero attached hydrogens (tertiary/aromatic N) is 3. The standard InChI is InChI=1S/C18H18N4OS/c23-17-16(13-14-5-4-8-19-14)24-18(20-17)22-11-9-21(10-12-22)15-6-2-1-3-7-15/h1-8,13,19H,9-12H2/b16-13-. The van der Waals surface area contributed by atoms with Gasteiger partial charge in [0.15, 0.2) is 5.17 Å². The molecule has 24 heavy (non-hydrogen) atoms. The summed E-state index contributed by atoms with van der Waals surface area (Å²) in [5.41, 5.74) is 2.18. The SMILES string of the molecule is O=C1N=C(N2CCN(c3ccccc3)CC2)S/C1=C\c1ccc[nH]1. The van der Waals surface area contributed by atoms with E-state index in [1.807, 2.05) is 30.5 Å². The van der Waals surface area contributed by atoms with Gasteiger partial charge in [0.25, 0.3) is 5.91 Å². The van der Waals surface area contributed by atoms with Gasteiger partial charge in [-0.15, -0.1) is 0 Å². The summed E-state index contributed by atoms with van der Waals surface area (Å²) in [5, 5.41) is 0.825. The minimum atomic E-state index is -0.143. The van der Waals surface area contributed by atoms with Crippen LogP contribution >= 0.6 is 11.8 Å². The number of piperazine rings is 1. The van der Waals surface area contributed by atoms with E-state index in [9.17, 15) is 4.79 Å². The third-order valence-corrected chi connectivity index (χ3v) is 5.23. The van der Waals surface area contributed by atoms with Gasteiger partial charge in [-0.05, 0) is 42.1 Å². The molecular weight excluding hydrogens is 320 g/mol. The number of thioether (sulfide) groups is 1. The Balaban J connectivity index is 1.40. The van der Waals surface area contributed by atoms with Crippen molar-refractivity contribution < 1.29 is 4.79 Å². The number of carbonyl (C=O) groups excluding carboxylic acids is 1. The van der Waals surface area contributed by atoms with E-state index in [0.717, 1.165) is 37.0 Å². The number of carbonyl (C=O) groups is 1. The number of benzene rings is 1. The molecule has 5 nitrogen and oxygen atoms in total. The van der Waals surface area contributed by atoms with E-state index in [1.165, 1.54) is 17.4 Å². The molecule has 1 fully saturated rings. The fourth-order valence-electron chi connectivity index (χ4n) is 2.90. The van der Waals surface area contributed by atoms with Crippen LogP contribution in [0.25, 0.3) is 6.08 Å². The lowest BCUT2D eigenvalue weighted by atomic mass is 10.2. The number of H-pyrrole nitrogens is 1. The molecule has 6 heteroatoms. The molecule has 0 spiro atoms. The van der Waals surface area contributed by atoms with Gasteiger partial charge in [-0.3, -0.25) is 4.79 Å². The number of anilines is 1. The highest BCUT2D eigenvalue weighted by molar-refractivity contribution is 8.18. The molecule has 1 amide bonds. The fourth-order valence-corrected chi connectivity index (χ4v) is 3.86. The van der Waals surface area contributed by atoms with E-state index >= 15 is 0 Å². The van der Waals surface area contributed by atoms with E-state index in [0.29, 0.717) is 4.91 Å². The molecule has 3 heterocycles. The molecule has 0 radical (unpaired) electrons. The van der Waals surface area contributed by atoms with Crippen molar-refractivity contribution >= 4 is 34.6 Å². The first-order chi connectivity index (χ1) is 11.8. The largest absolute Gasteiger partial charge is 0.368 e. The van der Waals surface area contributed by atoms with Crippen LogP contribution in [0, 0.1) is 0 Å². The topological polar surface area (TPSA) is 51.7 Å². The summed E-state index contributed by atoms with van der Waals surface area (Å²) in [6.45, 7) is 3.63. The number of hydrogen-bond donors (Lipinski definition) is 1. The highest BCUT2D eigenvalue weighted by atomic mass is 32.2. The first-order valence-corrected chi connectivity index (χ1v) is 8.82. The zero-order valence-corrected chi connectivity index (χ0v) is 14.0. The van der Waals surface area contributed by atoms with Gasteiger partial charge in [0.05, 0.1) is 4.91 Å². The Kier molecular flexibility index (Phi) is 4.13. The summed E-state index contributed by atoms with van der Waals surface area (Å²) < 4.78 is 0. The van der Waals surface area contributed by atoms with Crippen molar-refractivity contribution in [3.63, 3.8) is 0 Å². The number of rotatable bonds is 2. The van der Waals surface area contributed by atoms with Gasteiger partial charge >= 0.3 is 0 Å². The predicted molar refractivity (Wildman–Crippen MR) is 99.0 cm³/mol. The molecule has 4 rings (SSSR count). The molecule has 2 aliphatic heterocycles. The maximum Gasteiger partial charge on any atom is 0.286 e. The monoisotopic (exact) mass is 338 g/mol. The maximum absolute atomic E-state index is 12.1. The molecule has 2 aromatic rings. The summed E-state index contributed by atoms with van der Waals surface area (Å²) >= 11 is 1.47. The van der Waals surface area contributed by atoms with Crippen LogP contribution in [-0.4, -0.2) is 47.1 Å². The third kappa shape index (κ3) is 3.10. The van der Waals surface area contributed by atoms with Crippen molar-refractivity contribution in [1.29, 1.82) is 0 Å². The Labute approximate surface area is 145 Å². The van der Waals surface area contributed by atoms with Crippen LogP contribution in [0.15, 0.2) is 58.6 Å². The van der Waals surface area contributed by atoms with Crippen LogP contribution in [-0.2, 0) is 4.79 Å². The molecule has 0 bridgehead atoms. The van der Waals surface area contributed by atoms with Gasteiger partial charge in [-0.25, -0.2) is 0 Å². The third-order valence-electron chi connectivity index (χ3n) is 4.19. The Bertz CT molecular complexity index is 775. The molecule has 0 saturated carbocycles. The Hall–Kier alpha value is -2.47. The van der Waals surface area contributed by atoms with Crippen LogP contribution in [0.4, 0.5) is 5.69 Å². The van der Waals surface area contributed by atoms with E-state index in [-0.39, 0.29) is 5.91 Å². The molecular formula is C18H18N4OS. The maximum atomic E-state index is 12.1. The molecule has 0 unspecified atom stereocenters. The van der Waals surface area contributed by atoms with Crippen molar-refractivity contribution in [2.75, 3.05) is 31.1 Å². The molecule has 2 aliphatic rings. The van der Waals surface area contributed by atoms with E-state index < -0.39 is 0 Å². The van der Waals surface area contributed by atoms with E-state index in [2.05, 4.69) is 44.0 Å². The molecule has 1 aromatic heterocycles. The second-order valence-corrected chi connectivity index (χ2v) is 6.75. The lowest BCUT2D eigenvalue weighted by Crippen LogP contribution is -2.47. The van der Waals surface area contributed by atoms with Gasteiger partial charge in [-0.2, -0.15) is 4.99 Å². The Morgan fingerprint density at radius 2 is 1.75 bits per heavy atom. The fraction of sp³-hybridized carbons (Fsp3) is 0.222. The highest BCUT2D eigenvalue weighted by Gasteiger charge is 2.28. The molecule has 1 saturated heterocycles. The number of aromatic amines is 1. The highest BCUT2D eigenvalue weighted by Crippen LogP contribution is 2.30. The van der Waals surface area contributed by atoms with Crippen LogP contribution in [0.5, 0.6) is 0 Å². The summed E-state index contributed by atoms with van der Waals surface area (Å²) in [7, 11) is 0. The summed E-state index contributed by atoms with van der Waals surface area (Å²) in [6.07, 6.45) is 3.71.